The number of aliphatic imine (C=N–C) groups is 1. The molecule has 0 aliphatic carbocycles. The second-order valence-corrected chi connectivity index (χ2v) is 4.23. The maximum atomic E-state index is 11.8. The van der Waals surface area contributed by atoms with Gasteiger partial charge in [0.2, 0.25) is 0 Å². The summed E-state index contributed by atoms with van der Waals surface area (Å²) in [5.41, 5.74) is 0.631. The van der Waals surface area contributed by atoms with E-state index in [0.717, 1.165) is 0 Å². The Morgan fingerprint density at radius 2 is 2.10 bits per heavy atom. The summed E-state index contributed by atoms with van der Waals surface area (Å²) < 4.78 is 10.5. The monoisotopic (exact) mass is 278 g/mol. The minimum absolute atomic E-state index is 0.0166. The Morgan fingerprint density at radius 3 is 2.65 bits per heavy atom. The average molecular weight is 278 g/mol. The molecule has 1 heterocycles. The van der Waals surface area contributed by atoms with E-state index in [1.54, 1.807) is 26.0 Å². The van der Waals surface area contributed by atoms with E-state index in [1.807, 2.05) is 0 Å². The molecule has 2 atom stereocenters. The van der Waals surface area contributed by atoms with Crippen LogP contribution in [0.1, 0.15) is 25.5 Å². The molecule has 1 aromatic rings. The average Bonchev–Trinajstić information content (AvgIpc) is 2.81. The van der Waals surface area contributed by atoms with Crippen molar-refractivity contribution in [2.45, 2.75) is 26.0 Å². The van der Waals surface area contributed by atoms with Gasteiger partial charge in [-0.25, -0.2) is 9.79 Å². The molecule has 7 nitrogen and oxygen atoms in total. The van der Waals surface area contributed by atoms with Crippen LogP contribution in [0.3, 0.4) is 0 Å². The van der Waals surface area contributed by atoms with E-state index in [9.17, 15) is 14.9 Å². The fourth-order valence-electron chi connectivity index (χ4n) is 1.98. The SMILES string of the molecule is CCOC(=O)[C@@H]1N=C(C)O[C@H]1c1ccc([N+](=O)[O-])cc1. The number of nitrogens with zero attached hydrogens (tertiary/aromatic N) is 2. The van der Waals surface area contributed by atoms with Crippen LogP contribution in [0.4, 0.5) is 5.69 Å². The highest BCUT2D eigenvalue weighted by molar-refractivity contribution is 5.85. The highest BCUT2D eigenvalue weighted by Gasteiger charge is 2.37. The zero-order valence-electron chi connectivity index (χ0n) is 11.1. The first-order valence-corrected chi connectivity index (χ1v) is 6.15. The van der Waals surface area contributed by atoms with Gasteiger partial charge in [-0.2, -0.15) is 0 Å². The molecule has 0 saturated heterocycles. The highest BCUT2D eigenvalue weighted by Crippen LogP contribution is 2.31. The summed E-state index contributed by atoms with van der Waals surface area (Å²) in [6.07, 6.45) is -0.602. The molecule has 0 unspecified atom stereocenters. The van der Waals surface area contributed by atoms with Crippen LogP contribution in [0.5, 0.6) is 0 Å². The first-order valence-electron chi connectivity index (χ1n) is 6.15. The number of esters is 1. The van der Waals surface area contributed by atoms with Crippen LogP contribution in [-0.2, 0) is 14.3 Å². The number of carbonyl (C=O) groups is 1. The van der Waals surface area contributed by atoms with E-state index < -0.39 is 23.0 Å². The second-order valence-electron chi connectivity index (χ2n) is 4.23. The van der Waals surface area contributed by atoms with E-state index in [-0.39, 0.29) is 12.3 Å². The van der Waals surface area contributed by atoms with Crippen molar-refractivity contribution in [2.75, 3.05) is 6.61 Å². The first kappa shape index (κ1) is 14.0. The lowest BCUT2D eigenvalue weighted by Gasteiger charge is -2.16. The molecule has 0 saturated carbocycles. The molecule has 1 aliphatic rings. The molecule has 0 fully saturated rings. The number of ether oxygens (including phenoxy) is 2. The molecule has 106 valence electrons. The molecule has 0 radical (unpaired) electrons. The number of benzene rings is 1. The van der Waals surface area contributed by atoms with Crippen LogP contribution >= 0.6 is 0 Å². The van der Waals surface area contributed by atoms with E-state index in [4.69, 9.17) is 9.47 Å². The van der Waals surface area contributed by atoms with Gasteiger partial charge in [-0.05, 0) is 24.6 Å². The van der Waals surface area contributed by atoms with E-state index in [2.05, 4.69) is 4.99 Å². The van der Waals surface area contributed by atoms with E-state index >= 15 is 0 Å². The Kier molecular flexibility index (Phi) is 3.97. The van der Waals surface area contributed by atoms with Crippen molar-refractivity contribution < 1.29 is 19.2 Å². The lowest BCUT2D eigenvalue weighted by molar-refractivity contribution is -0.384. The molecule has 0 amide bonds. The molecule has 2 rings (SSSR count). The summed E-state index contributed by atoms with van der Waals surface area (Å²) in [6.45, 7) is 3.62. The largest absolute Gasteiger partial charge is 0.470 e. The normalized spacial score (nSPS) is 21.0. The van der Waals surface area contributed by atoms with Gasteiger partial charge < -0.3 is 9.47 Å². The Hall–Kier alpha value is -2.44. The minimum atomic E-state index is -0.767. The maximum Gasteiger partial charge on any atom is 0.335 e. The topological polar surface area (TPSA) is 91.0 Å². The summed E-state index contributed by atoms with van der Waals surface area (Å²) in [7, 11) is 0. The van der Waals surface area contributed by atoms with Gasteiger partial charge in [0.1, 0.15) is 0 Å². The number of hydrogen-bond donors (Lipinski definition) is 0. The predicted octanol–water partition coefficient (Wildman–Crippen LogP) is 2.02. The van der Waals surface area contributed by atoms with Gasteiger partial charge in [-0.3, -0.25) is 10.1 Å². The van der Waals surface area contributed by atoms with Gasteiger partial charge in [0.15, 0.2) is 18.0 Å². The first-order chi connectivity index (χ1) is 9.52. The lowest BCUT2D eigenvalue weighted by atomic mass is 10.0. The lowest BCUT2D eigenvalue weighted by Crippen LogP contribution is -2.26. The fraction of sp³-hybridized carbons (Fsp3) is 0.385. The van der Waals surface area contributed by atoms with Gasteiger partial charge in [-0.1, -0.05) is 0 Å². The predicted molar refractivity (Wildman–Crippen MR) is 70.5 cm³/mol. The van der Waals surface area contributed by atoms with Crippen molar-refractivity contribution in [2.24, 2.45) is 4.99 Å². The summed E-state index contributed by atoms with van der Waals surface area (Å²) in [5.74, 6) is -0.0703. The number of rotatable bonds is 4. The molecule has 20 heavy (non-hydrogen) atoms. The number of nitro benzene ring substituents is 1. The van der Waals surface area contributed by atoms with Crippen molar-refractivity contribution in [3.63, 3.8) is 0 Å². The van der Waals surface area contributed by atoms with Crippen LogP contribution in [0.15, 0.2) is 29.3 Å². The zero-order chi connectivity index (χ0) is 14.7. The fourth-order valence-corrected chi connectivity index (χ4v) is 1.98. The van der Waals surface area contributed by atoms with Crippen molar-refractivity contribution in [3.05, 3.63) is 39.9 Å². The van der Waals surface area contributed by atoms with Crippen molar-refractivity contribution >= 4 is 17.6 Å². The van der Waals surface area contributed by atoms with Gasteiger partial charge in [0, 0.05) is 19.1 Å². The van der Waals surface area contributed by atoms with Crippen LogP contribution < -0.4 is 0 Å². The molecule has 0 N–H and O–H groups in total. The van der Waals surface area contributed by atoms with E-state index in [0.29, 0.717) is 11.5 Å². The molecular weight excluding hydrogens is 264 g/mol. The van der Waals surface area contributed by atoms with Gasteiger partial charge in [0.25, 0.3) is 5.69 Å². The van der Waals surface area contributed by atoms with Gasteiger partial charge in [0.05, 0.1) is 11.5 Å². The van der Waals surface area contributed by atoms with Crippen LogP contribution in [-0.4, -0.2) is 29.4 Å². The minimum Gasteiger partial charge on any atom is -0.470 e. The quantitative estimate of drug-likeness (QED) is 0.477. The maximum absolute atomic E-state index is 11.8. The van der Waals surface area contributed by atoms with Gasteiger partial charge in [-0.15, -0.1) is 0 Å². The smallest absolute Gasteiger partial charge is 0.335 e. The number of carbonyl (C=O) groups excluding carboxylic acids is 1. The third kappa shape index (κ3) is 2.76. The summed E-state index contributed by atoms with van der Waals surface area (Å²) in [6, 6.07) is 5.09. The molecule has 0 spiro atoms. The number of nitro groups is 1. The molecule has 0 aromatic heterocycles. The van der Waals surface area contributed by atoms with E-state index in [1.165, 1.54) is 12.1 Å². The number of hydrogen-bond acceptors (Lipinski definition) is 6. The molecule has 0 bridgehead atoms. The molecule has 1 aliphatic heterocycles. The third-order valence-electron chi connectivity index (χ3n) is 2.87. The van der Waals surface area contributed by atoms with Crippen molar-refractivity contribution in [3.8, 4) is 0 Å². The summed E-state index contributed by atoms with van der Waals surface area (Å²) in [5, 5.41) is 10.6. The molecular formula is C13H14N2O5. The Bertz CT molecular complexity index is 552. The zero-order valence-corrected chi connectivity index (χ0v) is 11.1. The Balaban J connectivity index is 2.22. The van der Waals surface area contributed by atoms with Crippen molar-refractivity contribution in [1.82, 2.24) is 0 Å². The highest BCUT2D eigenvalue weighted by atomic mass is 16.6. The summed E-state index contributed by atoms with van der Waals surface area (Å²) >= 11 is 0. The standard InChI is InChI=1S/C13H14N2O5/c1-3-19-13(16)11-12(20-8(2)14-11)9-4-6-10(7-5-9)15(17)18/h4-7,11-12H,3H2,1-2H3/t11-,12+/m1/s1. The van der Waals surface area contributed by atoms with Crippen LogP contribution in [0.25, 0.3) is 0 Å². The Labute approximate surface area is 115 Å². The molecule has 1 aromatic carbocycles. The van der Waals surface area contributed by atoms with Gasteiger partial charge >= 0.3 is 5.97 Å². The third-order valence-corrected chi connectivity index (χ3v) is 2.87. The molecule has 7 heteroatoms. The number of non-ortho nitro benzene ring substituents is 1. The summed E-state index contributed by atoms with van der Waals surface area (Å²) in [4.78, 5) is 26.1. The second kappa shape index (κ2) is 5.68. The van der Waals surface area contributed by atoms with Crippen LogP contribution in [0.2, 0.25) is 0 Å². The van der Waals surface area contributed by atoms with Crippen molar-refractivity contribution in [1.29, 1.82) is 0 Å². The van der Waals surface area contributed by atoms with Crippen LogP contribution in [0, 0.1) is 10.1 Å². The Morgan fingerprint density at radius 1 is 1.45 bits per heavy atom.